The Hall–Kier alpha value is -1.31. The molecule has 2 rings (SSSR count). The van der Waals surface area contributed by atoms with Crippen molar-refractivity contribution in [3.8, 4) is 11.5 Å². The molecule has 0 spiro atoms. The van der Waals surface area contributed by atoms with Crippen LogP contribution in [0.1, 0.15) is 25.3 Å². The summed E-state index contributed by atoms with van der Waals surface area (Å²) in [5.74, 6) is 0.245. The standard InChI is InChI=1S/C14H22N2O4S/c1-2-21(19,20)16-7-5-12(6-8-16)15-10-11-3-4-13(17)9-14(11)18/h3-4,9,12,15,17-18H,2,5-8,10H2,1H3. The highest BCUT2D eigenvalue weighted by atomic mass is 32.2. The van der Waals surface area contributed by atoms with Crippen LogP contribution in [0.4, 0.5) is 0 Å². The molecule has 1 aromatic rings. The molecule has 1 heterocycles. The lowest BCUT2D eigenvalue weighted by Crippen LogP contribution is -2.45. The summed E-state index contributed by atoms with van der Waals surface area (Å²) in [6, 6.07) is 4.76. The van der Waals surface area contributed by atoms with Crippen LogP contribution in [0.5, 0.6) is 11.5 Å². The van der Waals surface area contributed by atoms with Crippen LogP contribution in [0.2, 0.25) is 0 Å². The van der Waals surface area contributed by atoms with Gasteiger partial charge in [-0.3, -0.25) is 0 Å². The molecule has 0 radical (unpaired) electrons. The fraction of sp³-hybridized carbons (Fsp3) is 0.571. The molecule has 1 fully saturated rings. The van der Waals surface area contributed by atoms with Crippen LogP contribution in [0, 0.1) is 0 Å². The number of rotatable bonds is 5. The fourth-order valence-corrected chi connectivity index (χ4v) is 3.61. The number of aromatic hydroxyl groups is 2. The average molecular weight is 314 g/mol. The first-order chi connectivity index (χ1) is 9.92. The Morgan fingerprint density at radius 1 is 1.29 bits per heavy atom. The molecule has 3 N–H and O–H groups in total. The Bertz CT molecular complexity index is 581. The first-order valence-corrected chi connectivity index (χ1v) is 8.75. The Morgan fingerprint density at radius 2 is 1.95 bits per heavy atom. The highest BCUT2D eigenvalue weighted by Crippen LogP contribution is 2.23. The molecule has 6 nitrogen and oxygen atoms in total. The SMILES string of the molecule is CCS(=O)(=O)N1CCC(NCc2ccc(O)cc2O)CC1. The summed E-state index contributed by atoms with van der Waals surface area (Å²) >= 11 is 0. The van der Waals surface area contributed by atoms with Gasteiger partial charge in [0, 0.05) is 37.3 Å². The van der Waals surface area contributed by atoms with Crippen molar-refractivity contribution in [2.24, 2.45) is 0 Å². The van der Waals surface area contributed by atoms with E-state index in [1.54, 1.807) is 17.3 Å². The highest BCUT2D eigenvalue weighted by molar-refractivity contribution is 7.89. The zero-order valence-corrected chi connectivity index (χ0v) is 12.9. The minimum Gasteiger partial charge on any atom is -0.508 e. The van der Waals surface area contributed by atoms with Crippen molar-refractivity contribution < 1.29 is 18.6 Å². The normalized spacial score (nSPS) is 18.0. The van der Waals surface area contributed by atoms with Gasteiger partial charge in [-0.05, 0) is 25.8 Å². The van der Waals surface area contributed by atoms with E-state index in [0.717, 1.165) is 18.4 Å². The van der Waals surface area contributed by atoms with Crippen LogP contribution in [-0.2, 0) is 16.6 Å². The number of benzene rings is 1. The number of piperidine rings is 1. The molecule has 0 aromatic heterocycles. The van der Waals surface area contributed by atoms with Gasteiger partial charge < -0.3 is 15.5 Å². The van der Waals surface area contributed by atoms with Gasteiger partial charge in [0.15, 0.2) is 0 Å². The Balaban J connectivity index is 1.84. The molecular formula is C14H22N2O4S. The van der Waals surface area contributed by atoms with Crippen LogP contribution < -0.4 is 5.32 Å². The minimum atomic E-state index is -3.09. The maximum Gasteiger partial charge on any atom is 0.213 e. The predicted octanol–water partition coefficient (Wildman–Crippen LogP) is 1.00. The topological polar surface area (TPSA) is 89.9 Å². The molecule has 0 atom stereocenters. The van der Waals surface area contributed by atoms with Gasteiger partial charge in [0.05, 0.1) is 5.75 Å². The van der Waals surface area contributed by atoms with Crippen LogP contribution in [0.15, 0.2) is 18.2 Å². The smallest absolute Gasteiger partial charge is 0.213 e. The second-order valence-corrected chi connectivity index (χ2v) is 7.53. The van der Waals surface area contributed by atoms with Crippen LogP contribution in [-0.4, -0.2) is 47.8 Å². The molecule has 21 heavy (non-hydrogen) atoms. The van der Waals surface area contributed by atoms with Gasteiger partial charge in [-0.25, -0.2) is 12.7 Å². The molecular weight excluding hydrogens is 292 g/mol. The number of phenolic OH excluding ortho intramolecular Hbond substituents is 2. The van der Waals surface area contributed by atoms with E-state index < -0.39 is 10.0 Å². The van der Waals surface area contributed by atoms with Crippen LogP contribution in [0.3, 0.4) is 0 Å². The van der Waals surface area contributed by atoms with Gasteiger partial charge in [-0.1, -0.05) is 6.07 Å². The van der Waals surface area contributed by atoms with E-state index in [0.29, 0.717) is 19.6 Å². The van der Waals surface area contributed by atoms with Gasteiger partial charge >= 0.3 is 0 Å². The number of hydrogen-bond acceptors (Lipinski definition) is 5. The monoisotopic (exact) mass is 314 g/mol. The zero-order valence-electron chi connectivity index (χ0n) is 12.1. The van der Waals surface area contributed by atoms with E-state index in [9.17, 15) is 18.6 Å². The number of hydrogen-bond donors (Lipinski definition) is 3. The fourth-order valence-electron chi connectivity index (χ4n) is 2.48. The summed E-state index contributed by atoms with van der Waals surface area (Å²) in [4.78, 5) is 0. The molecule has 0 bridgehead atoms. The van der Waals surface area contributed by atoms with E-state index in [1.807, 2.05) is 0 Å². The predicted molar refractivity (Wildman–Crippen MR) is 80.7 cm³/mol. The number of sulfonamides is 1. The third kappa shape index (κ3) is 4.09. The average Bonchev–Trinajstić information content (AvgIpc) is 2.47. The largest absolute Gasteiger partial charge is 0.508 e. The van der Waals surface area contributed by atoms with Crippen molar-refractivity contribution in [3.63, 3.8) is 0 Å². The maximum atomic E-state index is 11.8. The molecule has 1 saturated heterocycles. The lowest BCUT2D eigenvalue weighted by molar-refractivity contribution is 0.288. The van der Waals surface area contributed by atoms with Crippen molar-refractivity contribution in [3.05, 3.63) is 23.8 Å². The minimum absolute atomic E-state index is 0.0364. The molecule has 0 unspecified atom stereocenters. The second kappa shape index (κ2) is 6.64. The van der Waals surface area contributed by atoms with E-state index in [4.69, 9.17) is 0 Å². The molecule has 1 aromatic carbocycles. The van der Waals surface area contributed by atoms with Crippen molar-refractivity contribution in [2.75, 3.05) is 18.8 Å². The quantitative estimate of drug-likeness (QED) is 0.754. The number of nitrogens with one attached hydrogen (secondary N) is 1. The summed E-state index contributed by atoms with van der Waals surface area (Å²) in [5, 5.41) is 22.3. The lowest BCUT2D eigenvalue weighted by Gasteiger charge is -2.31. The second-order valence-electron chi connectivity index (χ2n) is 5.27. The summed E-state index contributed by atoms with van der Waals surface area (Å²) in [7, 11) is -3.09. The van der Waals surface area contributed by atoms with Crippen molar-refractivity contribution in [1.82, 2.24) is 9.62 Å². The molecule has 1 aliphatic heterocycles. The Kier molecular flexibility index (Phi) is 5.08. The van der Waals surface area contributed by atoms with Crippen molar-refractivity contribution in [2.45, 2.75) is 32.4 Å². The Morgan fingerprint density at radius 3 is 2.52 bits per heavy atom. The molecule has 7 heteroatoms. The molecule has 118 valence electrons. The molecule has 0 saturated carbocycles. The van der Waals surface area contributed by atoms with Gasteiger partial charge in [-0.15, -0.1) is 0 Å². The van der Waals surface area contributed by atoms with Crippen molar-refractivity contribution >= 4 is 10.0 Å². The summed E-state index contributed by atoms with van der Waals surface area (Å²) in [6.07, 6.45) is 1.52. The van der Waals surface area contributed by atoms with Gasteiger partial charge in [0.25, 0.3) is 0 Å². The molecule has 0 amide bonds. The number of phenols is 2. The third-order valence-corrected chi connectivity index (χ3v) is 5.74. The summed E-state index contributed by atoms with van der Waals surface area (Å²) in [6.45, 7) is 3.23. The van der Waals surface area contributed by atoms with Crippen LogP contribution in [0.25, 0.3) is 0 Å². The first-order valence-electron chi connectivity index (χ1n) is 7.14. The molecule has 1 aliphatic rings. The lowest BCUT2D eigenvalue weighted by atomic mass is 10.1. The first kappa shape index (κ1) is 16.1. The van der Waals surface area contributed by atoms with Gasteiger partial charge in [0.1, 0.15) is 11.5 Å². The van der Waals surface area contributed by atoms with Crippen LogP contribution >= 0.6 is 0 Å². The van der Waals surface area contributed by atoms with E-state index >= 15 is 0 Å². The van der Waals surface area contributed by atoms with E-state index in [1.165, 1.54) is 12.1 Å². The van der Waals surface area contributed by atoms with Gasteiger partial charge in [0.2, 0.25) is 10.0 Å². The number of nitrogens with zero attached hydrogens (tertiary/aromatic N) is 1. The summed E-state index contributed by atoms with van der Waals surface area (Å²) in [5.41, 5.74) is 0.719. The van der Waals surface area contributed by atoms with E-state index in [-0.39, 0.29) is 23.3 Å². The zero-order chi connectivity index (χ0) is 15.5. The molecule has 0 aliphatic carbocycles. The van der Waals surface area contributed by atoms with Crippen molar-refractivity contribution in [1.29, 1.82) is 0 Å². The highest BCUT2D eigenvalue weighted by Gasteiger charge is 2.26. The van der Waals surface area contributed by atoms with Gasteiger partial charge in [-0.2, -0.15) is 0 Å². The third-order valence-electron chi connectivity index (χ3n) is 3.86. The summed E-state index contributed by atoms with van der Waals surface area (Å²) < 4.78 is 25.1. The maximum absolute atomic E-state index is 11.8. The van der Waals surface area contributed by atoms with E-state index in [2.05, 4.69) is 5.32 Å². The Labute approximate surface area is 125 Å².